The normalized spacial score (nSPS) is 10.5. The Kier molecular flexibility index (Phi) is 3.71. The molecule has 2 aromatic rings. The van der Waals surface area contributed by atoms with Gasteiger partial charge in [-0.15, -0.1) is 11.6 Å². The SMILES string of the molecule is COC(=O)c1[nH]c2ccc(F)cc2c1NC(=O)CCl. The van der Waals surface area contributed by atoms with Crippen LogP contribution in [-0.4, -0.2) is 29.9 Å². The Balaban J connectivity index is 2.62. The van der Waals surface area contributed by atoms with Crippen LogP contribution >= 0.6 is 11.6 Å². The van der Waals surface area contributed by atoms with Crippen molar-refractivity contribution in [2.75, 3.05) is 18.3 Å². The van der Waals surface area contributed by atoms with Gasteiger partial charge >= 0.3 is 5.97 Å². The molecule has 0 saturated carbocycles. The maximum atomic E-state index is 13.3. The van der Waals surface area contributed by atoms with E-state index < -0.39 is 17.7 Å². The minimum atomic E-state index is -0.665. The summed E-state index contributed by atoms with van der Waals surface area (Å²) in [5.41, 5.74) is 0.709. The molecule has 0 unspecified atom stereocenters. The van der Waals surface area contributed by atoms with E-state index in [1.807, 2.05) is 0 Å². The second kappa shape index (κ2) is 5.27. The fraction of sp³-hybridized carbons (Fsp3) is 0.167. The van der Waals surface area contributed by atoms with Crippen molar-refractivity contribution in [1.29, 1.82) is 0 Å². The van der Waals surface area contributed by atoms with Crippen molar-refractivity contribution in [3.8, 4) is 0 Å². The molecule has 1 aromatic carbocycles. The molecule has 1 amide bonds. The fourth-order valence-electron chi connectivity index (χ4n) is 1.72. The van der Waals surface area contributed by atoms with Crippen LogP contribution in [0.3, 0.4) is 0 Å². The third-order valence-corrected chi connectivity index (χ3v) is 2.78. The lowest BCUT2D eigenvalue weighted by atomic mass is 10.2. The largest absolute Gasteiger partial charge is 0.464 e. The third kappa shape index (κ3) is 2.53. The van der Waals surface area contributed by atoms with Gasteiger partial charge in [0.2, 0.25) is 5.91 Å². The summed E-state index contributed by atoms with van der Waals surface area (Å²) in [6.45, 7) is 0. The Morgan fingerprint density at radius 2 is 2.21 bits per heavy atom. The van der Waals surface area contributed by atoms with Crippen molar-refractivity contribution < 1.29 is 18.7 Å². The third-order valence-electron chi connectivity index (χ3n) is 2.54. The number of nitrogens with one attached hydrogen (secondary N) is 2. The molecule has 0 bridgehead atoms. The Bertz CT molecular complexity index is 654. The van der Waals surface area contributed by atoms with Gasteiger partial charge in [-0.3, -0.25) is 4.79 Å². The zero-order valence-corrected chi connectivity index (χ0v) is 10.7. The molecule has 0 fully saturated rings. The lowest BCUT2D eigenvalue weighted by molar-refractivity contribution is -0.113. The molecule has 0 aliphatic rings. The molecule has 19 heavy (non-hydrogen) atoms. The number of rotatable bonds is 3. The van der Waals surface area contributed by atoms with Gasteiger partial charge in [-0.25, -0.2) is 9.18 Å². The molecule has 0 spiro atoms. The number of amides is 1. The molecule has 0 aliphatic carbocycles. The lowest BCUT2D eigenvalue weighted by Gasteiger charge is -2.04. The first-order valence-electron chi connectivity index (χ1n) is 5.32. The quantitative estimate of drug-likeness (QED) is 0.671. The van der Waals surface area contributed by atoms with Gasteiger partial charge in [-0.2, -0.15) is 0 Å². The highest BCUT2D eigenvalue weighted by Gasteiger charge is 2.20. The molecule has 1 aromatic heterocycles. The number of hydrogen-bond donors (Lipinski definition) is 2. The van der Waals surface area contributed by atoms with E-state index in [4.69, 9.17) is 11.6 Å². The van der Waals surface area contributed by atoms with Crippen LogP contribution in [0, 0.1) is 5.82 Å². The monoisotopic (exact) mass is 284 g/mol. The molecule has 7 heteroatoms. The Hall–Kier alpha value is -2.08. The zero-order valence-electron chi connectivity index (χ0n) is 9.92. The van der Waals surface area contributed by atoms with E-state index in [0.29, 0.717) is 10.9 Å². The van der Waals surface area contributed by atoms with Gasteiger partial charge in [0.1, 0.15) is 17.4 Å². The number of hydrogen-bond acceptors (Lipinski definition) is 3. The molecule has 100 valence electrons. The minimum Gasteiger partial charge on any atom is -0.464 e. The average molecular weight is 285 g/mol. The molecular weight excluding hydrogens is 275 g/mol. The van der Waals surface area contributed by atoms with E-state index in [-0.39, 0.29) is 17.3 Å². The predicted molar refractivity (Wildman–Crippen MR) is 68.9 cm³/mol. The number of carbonyl (C=O) groups excluding carboxylic acids is 2. The van der Waals surface area contributed by atoms with E-state index in [0.717, 1.165) is 0 Å². The molecule has 2 rings (SSSR count). The molecular formula is C12H10ClFN2O3. The second-order valence-electron chi connectivity index (χ2n) is 3.74. The van der Waals surface area contributed by atoms with Crippen LogP contribution in [-0.2, 0) is 9.53 Å². The summed E-state index contributed by atoms with van der Waals surface area (Å²) < 4.78 is 17.9. The summed E-state index contributed by atoms with van der Waals surface area (Å²) in [5.74, 6) is -1.93. The summed E-state index contributed by atoms with van der Waals surface area (Å²) in [5, 5.41) is 2.83. The number of esters is 1. The van der Waals surface area contributed by atoms with Crippen molar-refractivity contribution in [3.63, 3.8) is 0 Å². The van der Waals surface area contributed by atoms with Gasteiger partial charge in [-0.1, -0.05) is 0 Å². The summed E-state index contributed by atoms with van der Waals surface area (Å²) in [6.07, 6.45) is 0. The first kappa shape index (κ1) is 13.4. The number of benzene rings is 1. The van der Waals surface area contributed by atoms with Crippen molar-refractivity contribution in [1.82, 2.24) is 4.98 Å². The number of aromatic nitrogens is 1. The molecule has 1 heterocycles. The number of anilines is 1. The van der Waals surface area contributed by atoms with Crippen molar-refractivity contribution in [3.05, 3.63) is 29.7 Å². The Labute approximate surface area is 112 Å². The average Bonchev–Trinajstić information content (AvgIpc) is 2.76. The van der Waals surface area contributed by atoms with Gasteiger partial charge < -0.3 is 15.0 Å². The van der Waals surface area contributed by atoms with Crippen LogP contribution in [0.2, 0.25) is 0 Å². The van der Waals surface area contributed by atoms with Crippen molar-refractivity contribution in [2.24, 2.45) is 0 Å². The van der Waals surface area contributed by atoms with Crippen LogP contribution in [0.1, 0.15) is 10.5 Å². The van der Waals surface area contributed by atoms with Crippen LogP contribution < -0.4 is 5.32 Å². The first-order valence-corrected chi connectivity index (χ1v) is 5.85. The Morgan fingerprint density at radius 3 is 2.84 bits per heavy atom. The maximum absolute atomic E-state index is 13.3. The standard InChI is InChI=1S/C12H10ClFN2O3/c1-19-12(18)11-10(16-9(17)5-13)7-4-6(14)2-3-8(7)15-11/h2-4,15H,5H2,1H3,(H,16,17). The predicted octanol–water partition coefficient (Wildman–Crippen LogP) is 2.27. The summed E-state index contributed by atoms with van der Waals surface area (Å²) >= 11 is 5.40. The minimum absolute atomic E-state index is 0.0431. The number of alkyl halides is 1. The maximum Gasteiger partial charge on any atom is 0.356 e. The van der Waals surface area contributed by atoms with Crippen LogP contribution in [0.4, 0.5) is 10.1 Å². The van der Waals surface area contributed by atoms with Gasteiger partial charge in [0.05, 0.1) is 12.8 Å². The smallest absolute Gasteiger partial charge is 0.356 e. The van der Waals surface area contributed by atoms with E-state index in [1.54, 1.807) is 0 Å². The van der Waals surface area contributed by atoms with Crippen LogP contribution in [0.5, 0.6) is 0 Å². The number of fused-ring (bicyclic) bond motifs is 1. The van der Waals surface area contributed by atoms with Gasteiger partial charge in [-0.05, 0) is 18.2 Å². The van der Waals surface area contributed by atoms with Crippen molar-refractivity contribution in [2.45, 2.75) is 0 Å². The molecule has 0 aliphatic heterocycles. The number of aromatic amines is 1. The molecule has 5 nitrogen and oxygen atoms in total. The number of H-pyrrole nitrogens is 1. The van der Waals surface area contributed by atoms with Gasteiger partial charge in [0.15, 0.2) is 0 Å². The number of ether oxygens (including phenoxy) is 1. The summed E-state index contributed by atoms with van der Waals surface area (Å²) in [7, 11) is 1.21. The topological polar surface area (TPSA) is 71.2 Å². The highest BCUT2D eigenvalue weighted by molar-refractivity contribution is 6.29. The second-order valence-corrected chi connectivity index (χ2v) is 4.01. The highest BCUT2D eigenvalue weighted by Crippen LogP contribution is 2.29. The van der Waals surface area contributed by atoms with E-state index in [1.165, 1.54) is 25.3 Å². The fourth-order valence-corrected chi connectivity index (χ4v) is 1.79. The number of carbonyl (C=O) groups is 2. The van der Waals surface area contributed by atoms with Gasteiger partial charge in [0, 0.05) is 10.9 Å². The lowest BCUT2D eigenvalue weighted by Crippen LogP contribution is -2.15. The summed E-state index contributed by atoms with van der Waals surface area (Å²) in [6, 6.07) is 3.92. The number of halogens is 2. The van der Waals surface area contributed by atoms with Crippen LogP contribution in [0.25, 0.3) is 10.9 Å². The van der Waals surface area contributed by atoms with E-state index in [2.05, 4.69) is 15.0 Å². The zero-order chi connectivity index (χ0) is 14.0. The molecule has 0 radical (unpaired) electrons. The molecule has 2 N–H and O–H groups in total. The van der Waals surface area contributed by atoms with Crippen LogP contribution in [0.15, 0.2) is 18.2 Å². The molecule has 0 atom stereocenters. The van der Waals surface area contributed by atoms with Crippen molar-refractivity contribution >= 4 is 40.1 Å². The summed E-state index contributed by atoms with van der Waals surface area (Å²) in [4.78, 5) is 25.8. The van der Waals surface area contributed by atoms with Gasteiger partial charge in [0.25, 0.3) is 0 Å². The highest BCUT2D eigenvalue weighted by atomic mass is 35.5. The number of methoxy groups -OCH3 is 1. The Morgan fingerprint density at radius 1 is 1.47 bits per heavy atom. The van der Waals surface area contributed by atoms with E-state index in [9.17, 15) is 14.0 Å². The van der Waals surface area contributed by atoms with E-state index >= 15 is 0 Å². The molecule has 0 saturated heterocycles. The first-order chi connectivity index (χ1) is 9.06.